The minimum atomic E-state index is -0.446. The quantitative estimate of drug-likeness (QED) is 0.801. The largest absolute Gasteiger partial charge is 0.465 e. The van der Waals surface area contributed by atoms with E-state index in [0.717, 1.165) is 23.2 Å². The molecule has 2 amide bonds. The number of urea groups is 1. The zero-order chi connectivity index (χ0) is 14.3. The third-order valence-corrected chi connectivity index (χ3v) is 2.68. The van der Waals surface area contributed by atoms with Gasteiger partial charge in [-0.3, -0.25) is 4.79 Å². The van der Waals surface area contributed by atoms with Crippen molar-refractivity contribution in [2.45, 2.75) is 27.2 Å². The molecule has 0 radical (unpaired) electrons. The van der Waals surface area contributed by atoms with Gasteiger partial charge in [-0.15, -0.1) is 0 Å². The summed E-state index contributed by atoms with van der Waals surface area (Å²) in [4.78, 5) is 22.8. The van der Waals surface area contributed by atoms with Crippen molar-refractivity contribution in [1.82, 2.24) is 5.32 Å². The van der Waals surface area contributed by atoms with Crippen molar-refractivity contribution < 1.29 is 14.3 Å². The van der Waals surface area contributed by atoms with Crippen LogP contribution in [0.1, 0.15) is 25.0 Å². The molecule has 5 nitrogen and oxygen atoms in total. The highest BCUT2D eigenvalue weighted by atomic mass is 16.5. The summed E-state index contributed by atoms with van der Waals surface area (Å²) in [6.07, 6.45) is 0.829. The molecule has 0 saturated carbocycles. The molecule has 19 heavy (non-hydrogen) atoms. The van der Waals surface area contributed by atoms with Crippen molar-refractivity contribution in [2.75, 3.05) is 18.5 Å². The first-order valence-electron chi connectivity index (χ1n) is 6.37. The van der Waals surface area contributed by atoms with Crippen molar-refractivity contribution in [2.24, 2.45) is 0 Å². The van der Waals surface area contributed by atoms with Gasteiger partial charge in [-0.05, 0) is 31.4 Å². The summed E-state index contributed by atoms with van der Waals surface area (Å²) in [6.45, 7) is 5.85. The summed E-state index contributed by atoms with van der Waals surface area (Å²) < 4.78 is 4.73. The Morgan fingerprint density at radius 2 is 2.00 bits per heavy atom. The molecular weight excluding hydrogens is 244 g/mol. The number of aryl methyl sites for hydroxylation is 2. The van der Waals surface area contributed by atoms with Crippen LogP contribution in [0.4, 0.5) is 10.5 Å². The standard InChI is InChI=1S/C14H20N2O3/c1-4-11-8-6-7-10(3)13(11)16-14(18)15-9-12(17)19-5-2/h6-8H,4-5,9H2,1-3H3,(H2,15,16,18). The van der Waals surface area contributed by atoms with E-state index in [1.807, 2.05) is 32.0 Å². The molecule has 2 N–H and O–H groups in total. The number of anilines is 1. The van der Waals surface area contributed by atoms with E-state index < -0.39 is 12.0 Å². The third-order valence-electron chi connectivity index (χ3n) is 2.68. The van der Waals surface area contributed by atoms with Crippen molar-refractivity contribution >= 4 is 17.7 Å². The fourth-order valence-electron chi connectivity index (χ4n) is 1.72. The van der Waals surface area contributed by atoms with Crippen LogP contribution in [0, 0.1) is 6.92 Å². The van der Waals surface area contributed by atoms with E-state index in [2.05, 4.69) is 10.6 Å². The lowest BCUT2D eigenvalue weighted by Crippen LogP contribution is -2.34. The van der Waals surface area contributed by atoms with Gasteiger partial charge in [0.2, 0.25) is 0 Å². The zero-order valence-electron chi connectivity index (χ0n) is 11.6. The summed E-state index contributed by atoms with van der Waals surface area (Å²) in [6, 6.07) is 5.45. The number of nitrogens with one attached hydrogen (secondary N) is 2. The van der Waals surface area contributed by atoms with Gasteiger partial charge in [-0.25, -0.2) is 4.79 Å². The molecule has 104 valence electrons. The molecule has 0 heterocycles. The molecule has 0 saturated heterocycles. The number of hydrogen-bond acceptors (Lipinski definition) is 3. The molecule has 0 bridgehead atoms. The second kappa shape index (κ2) is 7.41. The fourth-order valence-corrected chi connectivity index (χ4v) is 1.72. The number of rotatable bonds is 5. The number of amides is 2. The highest BCUT2D eigenvalue weighted by molar-refractivity contribution is 5.92. The molecule has 0 unspecified atom stereocenters. The van der Waals surface area contributed by atoms with Crippen molar-refractivity contribution in [3.8, 4) is 0 Å². The Labute approximate surface area is 113 Å². The van der Waals surface area contributed by atoms with Crippen molar-refractivity contribution in [3.05, 3.63) is 29.3 Å². The normalized spacial score (nSPS) is 9.84. The van der Waals surface area contributed by atoms with Crippen molar-refractivity contribution in [1.29, 1.82) is 0 Å². The van der Waals surface area contributed by atoms with Crippen LogP contribution in [0.15, 0.2) is 18.2 Å². The maximum absolute atomic E-state index is 11.7. The second-order valence-electron chi connectivity index (χ2n) is 4.08. The molecule has 0 aliphatic heterocycles. The van der Waals surface area contributed by atoms with E-state index in [9.17, 15) is 9.59 Å². The van der Waals surface area contributed by atoms with Gasteiger partial charge in [0, 0.05) is 5.69 Å². The highest BCUT2D eigenvalue weighted by Gasteiger charge is 2.09. The molecule has 0 atom stereocenters. The van der Waals surface area contributed by atoms with E-state index in [0.29, 0.717) is 6.61 Å². The molecular formula is C14H20N2O3. The number of carbonyl (C=O) groups excluding carboxylic acids is 2. The minimum absolute atomic E-state index is 0.132. The second-order valence-corrected chi connectivity index (χ2v) is 4.08. The highest BCUT2D eigenvalue weighted by Crippen LogP contribution is 2.20. The predicted octanol–water partition coefficient (Wildman–Crippen LogP) is 2.24. The summed E-state index contributed by atoms with van der Waals surface area (Å²) in [5.41, 5.74) is 2.85. The lowest BCUT2D eigenvalue weighted by molar-refractivity contribution is -0.141. The summed E-state index contributed by atoms with van der Waals surface area (Å²) in [7, 11) is 0. The van der Waals surface area contributed by atoms with Crippen LogP contribution in [0.25, 0.3) is 0 Å². The number of ether oxygens (including phenoxy) is 1. The minimum Gasteiger partial charge on any atom is -0.465 e. The van der Waals surface area contributed by atoms with Crippen LogP contribution < -0.4 is 10.6 Å². The van der Waals surface area contributed by atoms with Gasteiger partial charge < -0.3 is 15.4 Å². The Morgan fingerprint density at radius 1 is 1.26 bits per heavy atom. The number of carbonyl (C=O) groups is 2. The molecule has 0 aliphatic carbocycles. The van der Waals surface area contributed by atoms with Gasteiger partial charge in [-0.1, -0.05) is 25.1 Å². The third kappa shape index (κ3) is 4.62. The summed E-state index contributed by atoms with van der Waals surface area (Å²) in [5, 5.41) is 5.24. The maximum Gasteiger partial charge on any atom is 0.325 e. The zero-order valence-corrected chi connectivity index (χ0v) is 11.6. The summed E-state index contributed by atoms with van der Waals surface area (Å²) in [5.74, 6) is -0.446. The van der Waals surface area contributed by atoms with E-state index in [1.165, 1.54) is 0 Å². The van der Waals surface area contributed by atoms with Crippen LogP contribution in [-0.4, -0.2) is 25.2 Å². The van der Waals surface area contributed by atoms with Gasteiger partial charge >= 0.3 is 12.0 Å². The van der Waals surface area contributed by atoms with Gasteiger partial charge in [0.05, 0.1) is 6.61 Å². The number of hydrogen-bond donors (Lipinski definition) is 2. The molecule has 1 rings (SSSR count). The predicted molar refractivity (Wildman–Crippen MR) is 74.2 cm³/mol. The molecule has 0 aromatic heterocycles. The van der Waals surface area contributed by atoms with E-state index in [1.54, 1.807) is 6.92 Å². The smallest absolute Gasteiger partial charge is 0.325 e. The lowest BCUT2D eigenvalue weighted by Gasteiger charge is -2.13. The first-order chi connectivity index (χ1) is 9.08. The van der Waals surface area contributed by atoms with Crippen LogP contribution in [0.2, 0.25) is 0 Å². The Balaban J connectivity index is 2.60. The molecule has 0 aliphatic rings. The van der Waals surface area contributed by atoms with Crippen LogP contribution in [0.5, 0.6) is 0 Å². The first-order valence-corrected chi connectivity index (χ1v) is 6.37. The van der Waals surface area contributed by atoms with Crippen LogP contribution >= 0.6 is 0 Å². The Hall–Kier alpha value is -2.04. The average molecular weight is 264 g/mol. The molecule has 0 spiro atoms. The Morgan fingerprint density at radius 3 is 2.63 bits per heavy atom. The molecule has 5 heteroatoms. The Kier molecular flexibility index (Phi) is 5.85. The number of esters is 1. The monoisotopic (exact) mass is 264 g/mol. The Bertz CT molecular complexity index is 458. The van der Waals surface area contributed by atoms with Gasteiger partial charge in [0.25, 0.3) is 0 Å². The first kappa shape index (κ1) is 15.0. The van der Waals surface area contributed by atoms with Gasteiger partial charge in [0.1, 0.15) is 6.54 Å². The SMILES string of the molecule is CCOC(=O)CNC(=O)Nc1c(C)cccc1CC. The van der Waals surface area contributed by atoms with Gasteiger partial charge in [-0.2, -0.15) is 0 Å². The topological polar surface area (TPSA) is 67.4 Å². The fraction of sp³-hybridized carbons (Fsp3) is 0.429. The summed E-state index contributed by atoms with van der Waals surface area (Å²) >= 11 is 0. The van der Waals surface area contributed by atoms with Crippen molar-refractivity contribution in [3.63, 3.8) is 0 Å². The lowest BCUT2D eigenvalue weighted by atomic mass is 10.1. The molecule has 1 aromatic carbocycles. The average Bonchev–Trinajstić information content (AvgIpc) is 2.39. The van der Waals surface area contributed by atoms with Crippen LogP contribution in [0.3, 0.4) is 0 Å². The molecule has 0 fully saturated rings. The van der Waals surface area contributed by atoms with Crippen LogP contribution in [-0.2, 0) is 16.0 Å². The maximum atomic E-state index is 11.7. The van der Waals surface area contributed by atoms with E-state index >= 15 is 0 Å². The van der Waals surface area contributed by atoms with E-state index in [-0.39, 0.29) is 6.54 Å². The van der Waals surface area contributed by atoms with E-state index in [4.69, 9.17) is 4.74 Å². The number of para-hydroxylation sites is 1. The van der Waals surface area contributed by atoms with Gasteiger partial charge in [0.15, 0.2) is 0 Å². The number of benzene rings is 1. The molecule has 1 aromatic rings.